The fraction of sp³-hybridized carbons (Fsp3) is 0.357. The van der Waals surface area contributed by atoms with E-state index >= 15 is 0 Å². The summed E-state index contributed by atoms with van der Waals surface area (Å²) in [4.78, 5) is 26.3. The van der Waals surface area contributed by atoms with Gasteiger partial charge in [0, 0.05) is 31.2 Å². The number of carbonyl (C=O) groups is 1. The van der Waals surface area contributed by atoms with E-state index in [2.05, 4.69) is 55.0 Å². The molecule has 1 amide bonds. The first-order valence-electron chi connectivity index (χ1n) is 12.7. The maximum atomic E-state index is 13.1. The maximum Gasteiger partial charge on any atom is 0.276 e. The molecule has 5 rings (SSSR count). The number of piperidine rings is 1. The highest BCUT2D eigenvalue weighted by atomic mass is 16.1. The summed E-state index contributed by atoms with van der Waals surface area (Å²) >= 11 is 0. The molecule has 2 saturated heterocycles. The summed E-state index contributed by atoms with van der Waals surface area (Å²) in [7, 11) is 0. The van der Waals surface area contributed by atoms with Gasteiger partial charge in [-0.15, -0.1) is 0 Å². The summed E-state index contributed by atoms with van der Waals surface area (Å²) in [5.41, 5.74) is 6.04. The average molecular weight is 484 g/mol. The second-order valence-electron chi connectivity index (χ2n) is 9.57. The number of pyridine rings is 1. The number of aromatic nitrogens is 3. The quantitative estimate of drug-likeness (QED) is 0.353. The molecule has 0 saturated carbocycles. The van der Waals surface area contributed by atoms with Gasteiger partial charge in [0.2, 0.25) is 0 Å². The van der Waals surface area contributed by atoms with E-state index in [9.17, 15) is 4.79 Å². The van der Waals surface area contributed by atoms with Gasteiger partial charge in [0.15, 0.2) is 5.69 Å². The summed E-state index contributed by atoms with van der Waals surface area (Å²) in [5.74, 6) is -0.262. The van der Waals surface area contributed by atoms with E-state index < -0.39 is 0 Å². The minimum atomic E-state index is -0.262. The van der Waals surface area contributed by atoms with E-state index in [1.165, 1.54) is 25.7 Å². The van der Waals surface area contributed by atoms with Crippen LogP contribution < -0.4 is 5.32 Å². The molecule has 36 heavy (non-hydrogen) atoms. The molecule has 0 unspecified atom stereocenters. The molecule has 1 aromatic carbocycles. The molecule has 0 radical (unpaired) electrons. The van der Waals surface area contributed by atoms with Crippen LogP contribution in [0.1, 0.15) is 54.4 Å². The van der Waals surface area contributed by atoms with Gasteiger partial charge in [-0.05, 0) is 93.9 Å². The Labute approximate surface area is 211 Å². The summed E-state index contributed by atoms with van der Waals surface area (Å²) in [6.45, 7) is 10.9. The van der Waals surface area contributed by atoms with Crippen LogP contribution in [0.15, 0.2) is 59.5 Å². The highest BCUT2D eigenvalue weighted by Crippen LogP contribution is 2.26. The van der Waals surface area contributed by atoms with Crippen LogP contribution >= 0.6 is 0 Å². The fourth-order valence-electron chi connectivity index (χ4n) is 4.74. The first-order chi connectivity index (χ1) is 17.6. The van der Waals surface area contributed by atoms with Crippen molar-refractivity contribution in [2.45, 2.75) is 39.2 Å². The minimum Gasteiger partial charge on any atom is -0.370 e. The van der Waals surface area contributed by atoms with Crippen LogP contribution in [-0.2, 0) is 6.54 Å². The molecule has 3 aromatic rings. The third-order valence-electron chi connectivity index (χ3n) is 6.96. The molecule has 2 N–H and O–H groups in total. The van der Waals surface area contributed by atoms with Crippen molar-refractivity contribution in [2.24, 2.45) is 4.99 Å². The molecule has 186 valence electrons. The number of hydrogen-bond donors (Lipinski definition) is 2. The molecule has 2 aliphatic heterocycles. The van der Waals surface area contributed by atoms with Crippen LogP contribution in [0.5, 0.6) is 0 Å². The van der Waals surface area contributed by atoms with Crippen LogP contribution in [0.25, 0.3) is 16.5 Å². The largest absolute Gasteiger partial charge is 0.370 e. The van der Waals surface area contributed by atoms with Crippen molar-refractivity contribution in [1.82, 2.24) is 25.0 Å². The predicted octanol–water partition coefficient (Wildman–Crippen LogP) is 4.85. The Bertz CT molecular complexity index is 1300. The molecule has 0 spiro atoms. The normalized spacial score (nSPS) is 17.2. The highest BCUT2D eigenvalue weighted by Gasteiger charge is 2.17. The Morgan fingerprint density at radius 1 is 1.14 bits per heavy atom. The topological polar surface area (TPSA) is 89.5 Å². The number of carbonyl (C=O) groups excluding carboxylic acids is 1. The van der Waals surface area contributed by atoms with Crippen molar-refractivity contribution in [3.05, 3.63) is 71.5 Å². The number of hydrogen-bond acceptors (Lipinski definition) is 6. The zero-order chi connectivity index (χ0) is 24.9. The number of aliphatic imine (C=N–C) groups is 1. The van der Waals surface area contributed by atoms with Gasteiger partial charge >= 0.3 is 0 Å². The number of fused-ring (bicyclic) bond motifs is 1. The highest BCUT2D eigenvalue weighted by molar-refractivity contribution is 6.11. The van der Waals surface area contributed by atoms with Gasteiger partial charge in [-0.25, -0.2) is 0 Å². The number of benzene rings is 1. The monoisotopic (exact) mass is 483 g/mol. The van der Waals surface area contributed by atoms with E-state index in [1.54, 1.807) is 6.20 Å². The molecular formula is C28H33N7O. The van der Waals surface area contributed by atoms with E-state index in [-0.39, 0.29) is 5.91 Å². The van der Waals surface area contributed by atoms with Crippen molar-refractivity contribution in [1.29, 1.82) is 0 Å². The number of anilines is 1. The summed E-state index contributed by atoms with van der Waals surface area (Å²) < 4.78 is 0. The third-order valence-corrected chi connectivity index (χ3v) is 6.96. The molecule has 0 atom stereocenters. The van der Waals surface area contributed by atoms with E-state index in [1.807, 2.05) is 36.5 Å². The van der Waals surface area contributed by atoms with Crippen LogP contribution in [0.4, 0.5) is 5.69 Å². The summed E-state index contributed by atoms with van der Waals surface area (Å²) in [6.07, 6.45) is 10.6. The Morgan fingerprint density at radius 2 is 1.97 bits per heavy atom. The summed E-state index contributed by atoms with van der Waals surface area (Å²) in [5, 5.41) is 11.0. The van der Waals surface area contributed by atoms with Gasteiger partial charge in [0.25, 0.3) is 5.91 Å². The second-order valence-corrected chi connectivity index (χ2v) is 9.57. The Kier molecular flexibility index (Phi) is 7.23. The predicted molar refractivity (Wildman–Crippen MR) is 145 cm³/mol. The molecule has 2 fully saturated rings. The molecule has 2 aliphatic rings. The van der Waals surface area contributed by atoms with Crippen molar-refractivity contribution < 1.29 is 4.79 Å². The number of nitrogens with one attached hydrogen (secondary N) is 2. The number of nitrogens with zero attached hydrogens (tertiary/aromatic N) is 5. The third kappa shape index (κ3) is 5.39. The standard InChI is InChI=1S/C28H33N7O/c1-20(15-24(18-29-2)35-13-4-3-5-14-35)21-7-10-26-25(16-21)27(33-32-26)28(36)31-22-8-9-23(30-17-22)19-34-11-6-12-34/h7-10,15-18H,2-6,11-14,19H2,1H3,(H,31,36)(H,32,33)/b20-15+,24-18+. The van der Waals surface area contributed by atoms with Crippen molar-refractivity contribution in [2.75, 3.05) is 31.5 Å². The average Bonchev–Trinajstić information content (AvgIpc) is 3.31. The van der Waals surface area contributed by atoms with Crippen molar-refractivity contribution in [3.8, 4) is 0 Å². The number of allylic oxidation sites excluding steroid dienone is 2. The molecular weight excluding hydrogens is 450 g/mol. The van der Waals surface area contributed by atoms with Gasteiger partial charge in [0.05, 0.1) is 28.8 Å². The van der Waals surface area contributed by atoms with Gasteiger partial charge in [0.1, 0.15) is 0 Å². The maximum absolute atomic E-state index is 13.1. The molecule has 8 heteroatoms. The number of rotatable bonds is 8. The van der Waals surface area contributed by atoms with E-state index in [4.69, 9.17) is 0 Å². The molecule has 8 nitrogen and oxygen atoms in total. The molecule has 0 aliphatic carbocycles. The molecule has 2 aromatic heterocycles. The Morgan fingerprint density at radius 3 is 2.67 bits per heavy atom. The van der Waals surface area contributed by atoms with Crippen molar-refractivity contribution in [3.63, 3.8) is 0 Å². The SMILES string of the molecule is C=N/C=C(\C=C(/C)c1ccc2[nH]nc(C(=O)Nc3ccc(CN4CCC4)nc3)c2c1)N1CCCCC1. The van der Waals surface area contributed by atoms with Gasteiger partial charge < -0.3 is 10.2 Å². The lowest BCUT2D eigenvalue weighted by Gasteiger charge is -2.30. The zero-order valence-electron chi connectivity index (χ0n) is 20.8. The van der Waals surface area contributed by atoms with Crippen LogP contribution in [0, 0.1) is 0 Å². The lowest BCUT2D eigenvalue weighted by Crippen LogP contribution is -2.36. The number of amides is 1. The first kappa shape index (κ1) is 23.9. The lowest BCUT2D eigenvalue weighted by atomic mass is 10.0. The first-order valence-corrected chi connectivity index (χ1v) is 12.7. The lowest BCUT2D eigenvalue weighted by molar-refractivity contribution is 0.102. The second kappa shape index (κ2) is 10.9. The van der Waals surface area contributed by atoms with Crippen LogP contribution in [-0.4, -0.2) is 63.8 Å². The molecule has 4 heterocycles. The van der Waals surface area contributed by atoms with Gasteiger partial charge in [-0.2, -0.15) is 5.10 Å². The number of H-pyrrole nitrogens is 1. The van der Waals surface area contributed by atoms with E-state index in [0.29, 0.717) is 11.4 Å². The Hall–Kier alpha value is -3.78. The fourth-order valence-corrected chi connectivity index (χ4v) is 4.74. The van der Waals surface area contributed by atoms with Gasteiger partial charge in [-0.1, -0.05) is 6.07 Å². The van der Waals surface area contributed by atoms with Crippen LogP contribution in [0.3, 0.4) is 0 Å². The molecule has 0 bridgehead atoms. The van der Waals surface area contributed by atoms with Crippen LogP contribution in [0.2, 0.25) is 0 Å². The number of likely N-dealkylation sites (tertiary alicyclic amines) is 2. The summed E-state index contributed by atoms with van der Waals surface area (Å²) in [6, 6.07) is 9.89. The number of aromatic amines is 1. The Balaban J connectivity index is 1.33. The van der Waals surface area contributed by atoms with E-state index in [0.717, 1.165) is 66.2 Å². The smallest absolute Gasteiger partial charge is 0.276 e. The van der Waals surface area contributed by atoms with Gasteiger partial charge in [-0.3, -0.25) is 24.8 Å². The minimum absolute atomic E-state index is 0.262. The van der Waals surface area contributed by atoms with Crippen molar-refractivity contribution >= 4 is 34.8 Å². The zero-order valence-corrected chi connectivity index (χ0v) is 20.8.